The summed E-state index contributed by atoms with van der Waals surface area (Å²) in [5.41, 5.74) is 3.16. The predicted molar refractivity (Wildman–Crippen MR) is 93.3 cm³/mol. The fourth-order valence-electron chi connectivity index (χ4n) is 2.61. The number of nitrogens with one attached hydrogen (secondary N) is 1. The second kappa shape index (κ2) is 6.93. The molecule has 0 saturated carbocycles. The van der Waals surface area contributed by atoms with Gasteiger partial charge in [-0.05, 0) is 44.2 Å². The van der Waals surface area contributed by atoms with Gasteiger partial charge in [-0.15, -0.1) is 0 Å². The van der Waals surface area contributed by atoms with Crippen molar-refractivity contribution < 1.29 is 14.3 Å². The molecule has 2 aromatic carbocycles. The highest BCUT2D eigenvalue weighted by Gasteiger charge is 2.20. The summed E-state index contributed by atoms with van der Waals surface area (Å²) >= 11 is 0. The topological polar surface area (TPSA) is 50.8 Å². The molecular weight excluding hydrogens is 304 g/mol. The number of amides is 1. The van der Waals surface area contributed by atoms with Crippen molar-refractivity contribution in [3.05, 3.63) is 53.6 Å². The molecule has 1 aliphatic rings. The van der Waals surface area contributed by atoms with Crippen LogP contribution in [0.5, 0.6) is 11.5 Å². The van der Waals surface area contributed by atoms with Crippen molar-refractivity contribution >= 4 is 11.6 Å². The number of hydrogen-bond donors (Lipinski definition) is 1. The number of fused-ring (bicyclic) bond motifs is 1. The van der Waals surface area contributed by atoms with E-state index in [2.05, 4.69) is 24.4 Å². The number of carbonyl (C=O) groups excluding carboxylic acids is 1. The number of anilines is 1. The molecule has 3 rings (SSSR count). The van der Waals surface area contributed by atoms with Gasteiger partial charge in [-0.25, -0.2) is 0 Å². The first-order valence-electron chi connectivity index (χ1n) is 8.00. The summed E-state index contributed by atoms with van der Waals surface area (Å²) in [7, 11) is 1.95. The van der Waals surface area contributed by atoms with Crippen LogP contribution in [0.4, 0.5) is 5.69 Å². The Kier molecular flexibility index (Phi) is 4.71. The van der Waals surface area contributed by atoms with Crippen LogP contribution in [0.3, 0.4) is 0 Å². The van der Waals surface area contributed by atoms with E-state index in [-0.39, 0.29) is 18.7 Å². The maximum atomic E-state index is 12.5. The van der Waals surface area contributed by atoms with Crippen LogP contribution in [0.15, 0.2) is 42.5 Å². The second-order valence-electron chi connectivity index (χ2n) is 6.07. The van der Waals surface area contributed by atoms with Gasteiger partial charge in [-0.2, -0.15) is 0 Å². The first-order chi connectivity index (χ1) is 11.5. The highest BCUT2D eigenvalue weighted by molar-refractivity contribution is 5.94. The molecule has 0 aliphatic carbocycles. The van der Waals surface area contributed by atoms with E-state index in [1.807, 2.05) is 37.1 Å². The molecule has 126 valence electrons. The van der Waals surface area contributed by atoms with Crippen molar-refractivity contribution in [1.29, 1.82) is 0 Å². The summed E-state index contributed by atoms with van der Waals surface area (Å²) in [5, 5.41) is 2.94. The minimum Gasteiger partial charge on any atom is -0.454 e. The molecular formula is C19H22N2O3. The molecule has 5 nitrogen and oxygen atoms in total. The molecule has 5 heteroatoms. The normalized spacial score (nSPS) is 13.8. The smallest absolute Gasteiger partial charge is 0.241 e. The number of ether oxygens (including phenoxy) is 2. The Morgan fingerprint density at radius 2 is 1.96 bits per heavy atom. The maximum Gasteiger partial charge on any atom is 0.241 e. The third-order valence-electron chi connectivity index (χ3n) is 4.36. The lowest BCUT2D eigenvalue weighted by Crippen LogP contribution is -2.39. The van der Waals surface area contributed by atoms with Crippen LogP contribution < -0.4 is 14.8 Å². The van der Waals surface area contributed by atoms with E-state index in [1.165, 1.54) is 11.1 Å². The maximum absolute atomic E-state index is 12.5. The molecule has 24 heavy (non-hydrogen) atoms. The molecule has 0 unspecified atom stereocenters. The predicted octanol–water partition coefficient (Wildman–Crippen LogP) is 3.18. The van der Waals surface area contributed by atoms with Gasteiger partial charge in [0.1, 0.15) is 0 Å². The molecule has 0 aromatic heterocycles. The van der Waals surface area contributed by atoms with Crippen LogP contribution in [0.25, 0.3) is 0 Å². The van der Waals surface area contributed by atoms with Crippen molar-refractivity contribution in [3.8, 4) is 11.5 Å². The van der Waals surface area contributed by atoms with E-state index in [9.17, 15) is 4.79 Å². The van der Waals surface area contributed by atoms with Crippen LogP contribution >= 0.6 is 0 Å². The SMILES string of the molecule is Cc1ccccc1CN(C)[C@H](C)C(=O)Nc1ccc2c(c1)OCO2. The average molecular weight is 326 g/mol. The highest BCUT2D eigenvalue weighted by atomic mass is 16.7. The Morgan fingerprint density at radius 3 is 2.75 bits per heavy atom. The van der Waals surface area contributed by atoms with Gasteiger partial charge in [0.05, 0.1) is 6.04 Å². The Bertz CT molecular complexity index is 745. The van der Waals surface area contributed by atoms with Gasteiger partial charge >= 0.3 is 0 Å². The summed E-state index contributed by atoms with van der Waals surface area (Å²) in [6.45, 7) is 4.94. The first kappa shape index (κ1) is 16.3. The third kappa shape index (κ3) is 3.51. The zero-order valence-corrected chi connectivity index (χ0v) is 14.2. The van der Waals surface area contributed by atoms with E-state index >= 15 is 0 Å². The Labute approximate surface area is 142 Å². The van der Waals surface area contributed by atoms with Crippen molar-refractivity contribution in [3.63, 3.8) is 0 Å². The molecule has 0 fully saturated rings. The van der Waals surface area contributed by atoms with Crippen LogP contribution in [0.2, 0.25) is 0 Å². The summed E-state index contributed by atoms with van der Waals surface area (Å²) < 4.78 is 10.6. The Balaban J connectivity index is 1.63. The summed E-state index contributed by atoms with van der Waals surface area (Å²) in [4.78, 5) is 14.5. The molecule has 0 saturated heterocycles. The molecule has 1 atom stereocenters. The highest BCUT2D eigenvalue weighted by Crippen LogP contribution is 2.34. The number of benzene rings is 2. The standard InChI is InChI=1S/C19H22N2O3/c1-13-6-4-5-7-15(13)11-21(3)14(2)19(22)20-16-8-9-17-18(10-16)24-12-23-17/h4-10,14H,11-12H2,1-3H3,(H,20,22)/t14-/m1/s1. The van der Waals surface area contributed by atoms with Gasteiger partial charge in [-0.1, -0.05) is 24.3 Å². The number of rotatable bonds is 5. The van der Waals surface area contributed by atoms with Crippen molar-refractivity contribution in [2.75, 3.05) is 19.2 Å². The third-order valence-corrected chi connectivity index (χ3v) is 4.36. The van der Waals surface area contributed by atoms with Crippen LogP contribution in [0, 0.1) is 6.92 Å². The minimum absolute atomic E-state index is 0.0510. The number of carbonyl (C=O) groups is 1. The lowest BCUT2D eigenvalue weighted by atomic mass is 10.1. The van der Waals surface area contributed by atoms with Gasteiger partial charge < -0.3 is 14.8 Å². The Hall–Kier alpha value is -2.53. The Morgan fingerprint density at radius 1 is 1.21 bits per heavy atom. The number of likely N-dealkylation sites (N-methyl/N-ethyl adjacent to an activating group) is 1. The molecule has 0 spiro atoms. The molecule has 1 amide bonds. The second-order valence-corrected chi connectivity index (χ2v) is 6.07. The van der Waals surface area contributed by atoms with Crippen molar-refractivity contribution in [2.24, 2.45) is 0 Å². The molecule has 2 aromatic rings. The van der Waals surface area contributed by atoms with Gasteiger partial charge in [0.25, 0.3) is 0 Å². The van der Waals surface area contributed by atoms with E-state index in [0.717, 1.165) is 6.54 Å². The number of aryl methyl sites for hydroxylation is 1. The average Bonchev–Trinajstić information content (AvgIpc) is 3.03. The van der Waals surface area contributed by atoms with Gasteiger partial charge in [-0.3, -0.25) is 9.69 Å². The van der Waals surface area contributed by atoms with Gasteiger partial charge in [0.2, 0.25) is 12.7 Å². The lowest BCUT2D eigenvalue weighted by molar-refractivity contribution is -0.120. The van der Waals surface area contributed by atoms with E-state index in [1.54, 1.807) is 12.1 Å². The van der Waals surface area contributed by atoms with Crippen LogP contribution in [0.1, 0.15) is 18.1 Å². The monoisotopic (exact) mass is 326 g/mol. The molecule has 1 aliphatic heterocycles. The summed E-state index contributed by atoms with van der Waals surface area (Å²) in [6.07, 6.45) is 0. The summed E-state index contributed by atoms with van der Waals surface area (Å²) in [5.74, 6) is 1.32. The fourth-order valence-corrected chi connectivity index (χ4v) is 2.61. The summed E-state index contributed by atoms with van der Waals surface area (Å²) in [6, 6.07) is 13.4. The zero-order valence-electron chi connectivity index (χ0n) is 14.2. The largest absolute Gasteiger partial charge is 0.454 e. The first-order valence-corrected chi connectivity index (χ1v) is 8.00. The quantitative estimate of drug-likeness (QED) is 0.917. The lowest BCUT2D eigenvalue weighted by Gasteiger charge is -2.24. The van der Waals surface area contributed by atoms with Crippen molar-refractivity contribution in [1.82, 2.24) is 4.90 Å². The molecule has 0 bridgehead atoms. The molecule has 0 radical (unpaired) electrons. The minimum atomic E-state index is -0.255. The van der Waals surface area contributed by atoms with Crippen LogP contribution in [-0.4, -0.2) is 30.7 Å². The van der Waals surface area contributed by atoms with E-state index in [0.29, 0.717) is 17.2 Å². The number of hydrogen-bond acceptors (Lipinski definition) is 4. The zero-order chi connectivity index (χ0) is 17.1. The number of nitrogens with zero attached hydrogens (tertiary/aromatic N) is 1. The van der Waals surface area contributed by atoms with E-state index in [4.69, 9.17) is 9.47 Å². The van der Waals surface area contributed by atoms with Gasteiger partial charge in [0, 0.05) is 18.3 Å². The van der Waals surface area contributed by atoms with E-state index < -0.39 is 0 Å². The van der Waals surface area contributed by atoms with Crippen LogP contribution in [-0.2, 0) is 11.3 Å². The molecule has 1 N–H and O–H groups in total. The van der Waals surface area contributed by atoms with Gasteiger partial charge in [0.15, 0.2) is 11.5 Å². The molecule has 1 heterocycles. The fraction of sp³-hybridized carbons (Fsp3) is 0.316. The van der Waals surface area contributed by atoms with Crippen molar-refractivity contribution in [2.45, 2.75) is 26.4 Å².